The minimum Gasteiger partial charge on any atom is -0.870 e. The monoisotopic (exact) mass is 246 g/mol. The Hall–Kier alpha value is 1.01. The predicted molar refractivity (Wildman–Crippen MR) is 35.3 cm³/mol. The molecule has 0 saturated heterocycles. The SMILES string of the molecule is CCCCCl.[OH-].[OH-].[Sn+2]. The van der Waals surface area contributed by atoms with Crippen molar-refractivity contribution in [2.45, 2.75) is 19.8 Å². The van der Waals surface area contributed by atoms with Gasteiger partial charge in [-0.05, 0) is 6.42 Å². The van der Waals surface area contributed by atoms with Gasteiger partial charge in [0.25, 0.3) is 0 Å². The van der Waals surface area contributed by atoms with Crippen molar-refractivity contribution >= 4 is 35.5 Å². The molecular weight excluding hydrogens is 234 g/mol. The first-order chi connectivity index (χ1) is 2.41. The van der Waals surface area contributed by atoms with Crippen LogP contribution < -0.4 is 0 Å². The van der Waals surface area contributed by atoms with E-state index in [9.17, 15) is 0 Å². The van der Waals surface area contributed by atoms with Crippen molar-refractivity contribution in [2.24, 2.45) is 0 Å². The van der Waals surface area contributed by atoms with Gasteiger partial charge in [-0.25, -0.2) is 0 Å². The Labute approximate surface area is 72.2 Å². The molecule has 0 spiro atoms. The predicted octanol–water partition coefficient (Wildman–Crippen LogP) is 1.29. The van der Waals surface area contributed by atoms with E-state index in [1.165, 1.54) is 6.42 Å². The fraction of sp³-hybridized carbons (Fsp3) is 1.00. The van der Waals surface area contributed by atoms with Gasteiger partial charge in [-0.15, -0.1) is 11.6 Å². The largest absolute Gasteiger partial charge is 2.00 e. The van der Waals surface area contributed by atoms with Gasteiger partial charge in [0.15, 0.2) is 0 Å². The van der Waals surface area contributed by atoms with Crippen LogP contribution in [0.15, 0.2) is 0 Å². The Morgan fingerprint density at radius 3 is 1.62 bits per heavy atom. The Balaban J connectivity index is -0.0000000267. The van der Waals surface area contributed by atoms with Crippen molar-refractivity contribution in [3.63, 3.8) is 0 Å². The molecule has 0 aliphatic carbocycles. The topological polar surface area (TPSA) is 60.0 Å². The smallest absolute Gasteiger partial charge is 0.870 e. The number of unbranched alkanes of at least 4 members (excludes halogenated alkanes) is 1. The van der Waals surface area contributed by atoms with Crippen LogP contribution in [-0.4, -0.2) is 40.7 Å². The molecule has 0 rings (SSSR count). The van der Waals surface area contributed by atoms with Crippen molar-refractivity contribution in [1.29, 1.82) is 0 Å². The first kappa shape index (κ1) is 23.0. The second-order valence-corrected chi connectivity index (χ2v) is 1.42. The van der Waals surface area contributed by atoms with E-state index in [0.717, 1.165) is 12.3 Å². The number of halogens is 1. The normalized spacial score (nSPS) is 5.25. The van der Waals surface area contributed by atoms with Gasteiger partial charge in [-0.1, -0.05) is 13.3 Å². The van der Waals surface area contributed by atoms with Crippen LogP contribution >= 0.6 is 11.6 Å². The van der Waals surface area contributed by atoms with Gasteiger partial charge in [-0.3, -0.25) is 0 Å². The summed E-state index contributed by atoms with van der Waals surface area (Å²) in [6.45, 7) is 2.13. The average molecular weight is 245 g/mol. The third-order valence-corrected chi connectivity index (χ3v) is 0.754. The molecule has 2 N–H and O–H groups in total. The summed E-state index contributed by atoms with van der Waals surface area (Å²) in [4.78, 5) is 0. The Bertz CT molecular complexity index is 21.5. The van der Waals surface area contributed by atoms with Crippen LogP contribution in [0.1, 0.15) is 19.8 Å². The molecule has 0 aliphatic rings. The molecule has 0 aromatic carbocycles. The van der Waals surface area contributed by atoms with E-state index in [2.05, 4.69) is 6.92 Å². The molecule has 4 heteroatoms. The fourth-order valence-corrected chi connectivity index (χ4v) is 0.401. The van der Waals surface area contributed by atoms with Gasteiger partial charge in [0.1, 0.15) is 0 Å². The summed E-state index contributed by atoms with van der Waals surface area (Å²) >= 11 is 5.30. The van der Waals surface area contributed by atoms with Gasteiger partial charge in [0, 0.05) is 5.88 Å². The van der Waals surface area contributed by atoms with Crippen molar-refractivity contribution < 1.29 is 11.0 Å². The molecule has 0 amide bonds. The van der Waals surface area contributed by atoms with E-state index in [1.54, 1.807) is 0 Å². The third-order valence-electron chi connectivity index (χ3n) is 0.487. The summed E-state index contributed by atoms with van der Waals surface area (Å²) in [5.74, 6) is 0.816. The fourth-order valence-electron chi connectivity index (χ4n) is 0.134. The van der Waals surface area contributed by atoms with Crippen molar-refractivity contribution in [3.8, 4) is 0 Å². The van der Waals surface area contributed by atoms with Crippen LogP contribution in [0.5, 0.6) is 0 Å². The standard InChI is InChI=1S/C4H9Cl.2H2O.Sn/c1-2-3-4-5;;;/h2-4H2,1H3;2*1H2;/q;;;+2/p-2. The van der Waals surface area contributed by atoms with Crippen LogP contribution in [0.2, 0.25) is 0 Å². The van der Waals surface area contributed by atoms with Gasteiger partial charge in [-0.2, -0.15) is 0 Å². The molecule has 0 atom stereocenters. The number of rotatable bonds is 2. The molecule has 0 unspecified atom stereocenters. The van der Waals surface area contributed by atoms with E-state index in [1.807, 2.05) is 0 Å². The minimum atomic E-state index is 0. The van der Waals surface area contributed by atoms with Crippen molar-refractivity contribution in [3.05, 3.63) is 0 Å². The summed E-state index contributed by atoms with van der Waals surface area (Å²) in [6, 6.07) is 0. The molecule has 50 valence electrons. The van der Waals surface area contributed by atoms with Crippen molar-refractivity contribution in [2.75, 3.05) is 5.88 Å². The molecule has 8 heavy (non-hydrogen) atoms. The molecular formula is C4H11ClO2Sn. The molecule has 0 fully saturated rings. The van der Waals surface area contributed by atoms with Crippen molar-refractivity contribution in [1.82, 2.24) is 0 Å². The molecule has 0 bridgehead atoms. The molecule has 2 radical (unpaired) electrons. The quantitative estimate of drug-likeness (QED) is 0.543. The Morgan fingerprint density at radius 1 is 1.25 bits per heavy atom. The zero-order chi connectivity index (χ0) is 4.12. The second kappa shape index (κ2) is 24.5. The van der Waals surface area contributed by atoms with Crippen LogP contribution in [0, 0.1) is 0 Å². The minimum absolute atomic E-state index is 0. The summed E-state index contributed by atoms with van der Waals surface area (Å²) in [5, 5.41) is 0. The van der Waals surface area contributed by atoms with Crippen LogP contribution in [-0.2, 0) is 0 Å². The van der Waals surface area contributed by atoms with E-state index < -0.39 is 0 Å². The molecule has 0 aromatic heterocycles. The summed E-state index contributed by atoms with van der Waals surface area (Å²) < 4.78 is 0. The zero-order valence-corrected chi connectivity index (χ0v) is 8.50. The third kappa shape index (κ3) is 28.0. The summed E-state index contributed by atoms with van der Waals surface area (Å²) in [5.41, 5.74) is 0. The first-order valence-corrected chi connectivity index (χ1v) is 2.51. The first-order valence-electron chi connectivity index (χ1n) is 1.97. The van der Waals surface area contributed by atoms with Crippen LogP contribution in [0.4, 0.5) is 0 Å². The van der Waals surface area contributed by atoms with Gasteiger partial charge in [0.05, 0.1) is 0 Å². The molecule has 0 aliphatic heterocycles. The molecule has 0 saturated carbocycles. The van der Waals surface area contributed by atoms with E-state index in [-0.39, 0.29) is 34.9 Å². The van der Waals surface area contributed by atoms with Gasteiger partial charge < -0.3 is 11.0 Å². The molecule has 0 heterocycles. The maximum Gasteiger partial charge on any atom is 2.00 e. The number of hydrogen-bond acceptors (Lipinski definition) is 2. The second-order valence-electron chi connectivity index (χ2n) is 1.04. The number of hydrogen-bond donors (Lipinski definition) is 0. The maximum absolute atomic E-state index is 5.30. The van der Waals surface area contributed by atoms with Crippen LogP contribution in [0.3, 0.4) is 0 Å². The van der Waals surface area contributed by atoms with E-state index in [0.29, 0.717) is 0 Å². The van der Waals surface area contributed by atoms with E-state index >= 15 is 0 Å². The van der Waals surface area contributed by atoms with E-state index in [4.69, 9.17) is 11.6 Å². The molecule has 2 nitrogen and oxygen atoms in total. The molecule has 0 aromatic rings. The average Bonchev–Trinajstić information content (AvgIpc) is 1.41. The summed E-state index contributed by atoms with van der Waals surface area (Å²) in [6.07, 6.45) is 2.37. The Kier molecular flexibility index (Phi) is 70.5. The zero-order valence-electron chi connectivity index (χ0n) is 4.89. The Morgan fingerprint density at radius 2 is 1.62 bits per heavy atom. The van der Waals surface area contributed by atoms with Gasteiger partial charge >= 0.3 is 23.9 Å². The number of alkyl halides is 1. The maximum atomic E-state index is 5.30. The van der Waals surface area contributed by atoms with Crippen LogP contribution in [0.25, 0.3) is 0 Å². The summed E-state index contributed by atoms with van der Waals surface area (Å²) in [7, 11) is 0. The van der Waals surface area contributed by atoms with Gasteiger partial charge in [0.2, 0.25) is 0 Å².